The molecule has 120 valence electrons. The predicted octanol–water partition coefficient (Wildman–Crippen LogP) is 4.63. The molecule has 0 aromatic rings. The van der Waals surface area contributed by atoms with Crippen molar-refractivity contribution in [2.24, 2.45) is 23.2 Å². The van der Waals surface area contributed by atoms with Gasteiger partial charge in [-0.15, -0.1) is 0 Å². The highest BCUT2D eigenvalue weighted by Gasteiger charge is 2.32. The zero-order chi connectivity index (χ0) is 14.9. The Morgan fingerprint density at radius 1 is 1.05 bits per heavy atom. The van der Waals surface area contributed by atoms with Gasteiger partial charge in [0.05, 0.1) is 0 Å². The second kappa shape index (κ2) is 6.30. The first-order chi connectivity index (χ1) is 10.0. The van der Waals surface area contributed by atoms with E-state index in [2.05, 4.69) is 18.7 Å². The molecule has 2 heteroatoms. The van der Waals surface area contributed by atoms with Crippen LogP contribution in [0.4, 0.5) is 0 Å². The molecule has 2 aliphatic carbocycles. The largest absolute Gasteiger partial charge is 0.343 e. The van der Waals surface area contributed by atoms with Crippen LogP contribution in [0.5, 0.6) is 0 Å². The summed E-state index contributed by atoms with van der Waals surface area (Å²) in [5.41, 5.74) is 0.442. The minimum atomic E-state index is 0.432. The molecule has 2 saturated carbocycles. The van der Waals surface area contributed by atoms with Crippen LogP contribution in [-0.2, 0) is 4.79 Å². The van der Waals surface area contributed by atoms with Crippen molar-refractivity contribution >= 4 is 5.91 Å². The lowest BCUT2D eigenvalue weighted by Gasteiger charge is -2.40. The molecule has 21 heavy (non-hydrogen) atoms. The van der Waals surface area contributed by atoms with Gasteiger partial charge in [-0.2, -0.15) is 0 Å². The van der Waals surface area contributed by atoms with Crippen molar-refractivity contribution in [1.82, 2.24) is 4.90 Å². The number of piperidine rings is 1. The highest BCUT2D eigenvalue weighted by Crippen LogP contribution is 2.43. The van der Waals surface area contributed by atoms with Crippen LogP contribution in [-0.4, -0.2) is 23.9 Å². The van der Waals surface area contributed by atoms with Gasteiger partial charge in [-0.3, -0.25) is 4.79 Å². The Balaban J connectivity index is 1.42. The Bertz CT molecular complexity index is 354. The van der Waals surface area contributed by atoms with Gasteiger partial charge in [0.1, 0.15) is 0 Å². The van der Waals surface area contributed by atoms with Gasteiger partial charge in [0.2, 0.25) is 5.91 Å². The molecule has 3 aliphatic rings. The summed E-state index contributed by atoms with van der Waals surface area (Å²) in [5, 5.41) is 0. The highest BCUT2D eigenvalue weighted by atomic mass is 16.2. The van der Waals surface area contributed by atoms with Crippen LogP contribution in [0.3, 0.4) is 0 Å². The first-order valence-corrected chi connectivity index (χ1v) is 9.30. The van der Waals surface area contributed by atoms with E-state index in [1.165, 1.54) is 51.4 Å². The Morgan fingerprint density at radius 3 is 2.29 bits per heavy atom. The molecule has 2 unspecified atom stereocenters. The molecule has 0 N–H and O–H groups in total. The average molecular weight is 291 g/mol. The lowest BCUT2D eigenvalue weighted by Crippen LogP contribution is -2.41. The zero-order valence-electron chi connectivity index (χ0n) is 14.1. The van der Waals surface area contributed by atoms with Crippen LogP contribution in [0.25, 0.3) is 0 Å². The fourth-order valence-electron chi connectivity index (χ4n) is 4.95. The minimum absolute atomic E-state index is 0.432. The second-order valence-corrected chi connectivity index (χ2v) is 8.82. The minimum Gasteiger partial charge on any atom is -0.343 e. The summed E-state index contributed by atoms with van der Waals surface area (Å²) >= 11 is 0. The Morgan fingerprint density at radius 2 is 1.67 bits per heavy atom. The van der Waals surface area contributed by atoms with Crippen molar-refractivity contribution in [3.8, 4) is 0 Å². The summed E-state index contributed by atoms with van der Waals surface area (Å²) < 4.78 is 0. The molecule has 1 amide bonds. The predicted molar refractivity (Wildman–Crippen MR) is 87.0 cm³/mol. The van der Waals surface area contributed by atoms with Gasteiger partial charge in [0.15, 0.2) is 0 Å². The van der Waals surface area contributed by atoms with Gasteiger partial charge in [-0.1, -0.05) is 33.1 Å². The molecule has 0 radical (unpaired) electrons. The van der Waals surface area contributed by atoms with Gasteiger partial charge in [-0.05, 0) is 61.7 Å². The third-order valence-electron chi connectivity index (χ3n) is 6.46. The smallest absolute Gasteiger partial charge is 0.222 e. The molecule has 0 aromatic heterocycles. The van der Waals surface area contributed by atoms with Crippen molar-refractivity contribution < 1.29 is 4.79 Å². The molecule has 2 bridgehead atoms. The van der Waals surface area contributed by atoms with Crippen molar-refractivity contribution in [3.05, 3.63) is 0 Å². The molecule has 2 nitrogen and oxygen atoms in total. The van der Waals surface area contributed by atoms with E-state index in [0.717, 1.165) is 43.7 Å². The maximum absolute atomic E-state index is 12.4. The quantitative estimate of drug-likeness (QED) is 0.742. The molecule has 3 fully saturated rings. The average Bonchev–Trinajstić information content (AvgIpc) is 2.44. The Labute approximate surface area is 130 Å². The number of carbonyl (C=O) groups is 1. The molecule has 1 heterocycles. The first-order valence-electron chi connectivity index (χ1n) is 9.30. The van der Waals surface area contributed by atoms with E-state index in [-0.39, 0.29) is 0 Å². The number of carbonyl (C=O) groups excluding carboxylic acids is 1. The van der Waals surface area contributed by atoms with Crippen molar-refractivity contribution in [1.29, 1.82) is 0 Å². The second-order valence-electron chi connectivity index (χ2n) is 8.82. The fourth-order valence-corrected chi connectivity index (χ4v) is 4.95. The SMILES string of the molecule is CC1(C)CCN(C(=O)CCC2CC3CCCC(C3)C2)CC1. The number of fused-ring (bicyclic) bond motifs is 2. The van der Waals surface area contributed by atoms with Gasteiger partial charge < -0.3 is 4.90 Å². The van der Waals surface area contributed by atoms with Crippen LogP contribution in [0.1, 0.15) is 78.1 Å². The number of hydrogen-bond donors (Lipinski definition) is 0. The van der Waals surface area contributed by atoms with E-state index in [1.807, 2.05) is 0 Å². The number of likely N-dealkylation sites (tertiary alicyclic amines) is 1. The van der Waals surface area contributed by atoms with Crippen LogP contribution < -0.4 is 0 Å². The summed E-state index contributed by atoms with van der Waals surface area (Å²) in [6.07, 6.45) is 13.0. The summed E-state index contributed by atoms with van der Waals surface area (Å²) in [6, 6.07) is 0. The van der Waals surface area contributed by atoms with Crippen LogP contribution in [0.2, 0.25) is 0 Å². The van der Waals surface area contributed by atoms with Crippen molar-refractivity contribution in [2.75, 3.05) is 13.1 Å². The number of hydrogen-bond acceptors (Lipinski definition) is 1. The Hall–Kier alpha value is -0.530. The van der Waals surface area contributed by atoms with Crippen LogP contribution in [0.15, 0.2) is 0 Å². The molecular formula is C19H33NO. The summed E-state index contributed by atoms with van der Waals surface area (Å²) in [7, 11) is 0. The number of nitrogens with zero attached hydrogens (tertiary/aromatic N) is 1. The maximum atomic E-state index is 12.4. The molecule has 1 aliphatic heterocycles. The molecule has 2 atom stereocenters. The van der Waals surface area contributed by atoms with Crippen molar-refractivity contribution in [2.45, 2.75) is 78.1 Å². The molecule has 0 spiro atoms. The van der Waals surface area contributed by atoms with Crippen molar-refractivity contribution in [3.63, 3.8) is 0 Å². The van der Waals surface area contributed by atoms with Gasteiger partial charge in [0.25, 0.3) is 0 Å². The topological polar surface area (TPSA) is 20.3 Å². The molecule has 3 rings (SSSR count). The first kappa shape index (κ1) is 15.4. The number of amides is 1. The van der Waals surface area contributed by atoms with E-state index in [1.54, 1.807) is 0 Å². The summed E-state index contributed by atoms with van der Waals surface area (Å²) in [6.45, 7) is 6.63. The van der Waals surface area contributed by atoms with Crippen LogP contribution >= 0.6 is 0 Å². The summed E-state index contributed by atoms with van der Waals surface area (Å²) in [5.74, 6) is 3.27. The van der Waals surface area contributed by atoms with E-state index in [4.69, 9.17) is 0 Å². The number of rotatable bonds is 3. The Kier molecular flexibility index (Phi) is 4.61. The molecule has 0 aromatic carbocycles. The third kappa shape index (κ3) is 4.02. The van der Waals surface area contributed by atoms with E-state index < -0.39 is 0 Å². The van der Waals surface area contributed by atoms with Gasteiger partial charge >= 0.3 is 0 Å². The van der Waals surface area contributed by atoms with E-state index >= 15 is 0 Å². The fraction of sp³-hybridized carbons (Fsp3) is 0.947. The molecule has 1 saturated heterocycles. The molecular weight excluding hydrogens is 258 g/mol. The lowest BCUT2D eigenvalue weighted by molar-refractivity contribution is -0.133. The monoisotopic (exact) mass is 291 g/mol. The van der Waals surface area contributed by atoms with E-state index in [0.29, 0.717) is 11.3 Å². The standard InChI is InChI=1S/C19H33NO/c1-19(2)8-10-20(11-9-19)18(21)7-6-17-13-15-4-3-5-16(12-15)14-17/h15-17H,3-14H2,1-2H3. The van der Waals surface area contributed by atoms with Crippen LogP contribution in [0, 0.1) is 23.2 Å². The highest BCUT2D eigenvalue weighted by molar-refractivity contribution is 5.76. The normalized spacial score (nSPS) is 35.5. The van der Waals surface area contributed by atoms with Gasteiger partial charge in [-0.25, -0.2) is 0 Å². The van der Waals surface area contributed by atoms with E-state index in [9.17, 15) is 4.79 Å². The lowest BCUT2D eigenvalue weighted by atomic mass is 9.67. The third-order valence-corrected chi connectivity index (χ3v) is 6.46. The summed E-state index contributed by atoms with van der Waals surface area (Å²) in [4.78, 5) is 14.6. The van der Waals surface area contributed by atoms with Gasteiger partial charge in [0, 0.05) is 19.5 Å². The maximum Gasteiger partial charge on any atom is 0.222 e. The zero-order valence-corrected chi connectivity index (χ0v) is 14.1.